The molecule has 0 aliphatic rings. The second kappa shape index (κ2) is 17.7. The van der Waals surface area contributed by atoms with Crippen molar-refractivity contribution in [1.29, 1.82) is 0 Å². The molecule has 0 saturated carbocycles. The van der Waals surface area contributed by atoms with Crippen molar-refractivity contribution in [3.8, 4) is 0 Å². The Kier molecular flexibility index (Phi) is 15.6. The number of carbonyl (C=O) groups excluding carboxylic acids is 6. The van der Waals surface area contributed by atoms with Gasteiger partial charge in [0.1, 0.15) is 33.0 Å². The van der Waals surface area contributed by atoms with E-state index in [0.29, 0.717) is 0 Å². The first-order valence-corrected chi connectivity index (χ1v) is 9.60. The third-order valence-corrected chi connectivity index (χ3v) is 3.31. The fourth-order valence-electron chi connectivity index (χ4n) is 1.76. The zero-order chi connectivity index (χ0) is 25.1. The van der Waals surface area contributed by atoms with Crippen LogP contribution < -0.4 is 0 Å². The molecule has 0 bridgehead atoms. The Bertz CT molecular complexity index is 698. The third kappa shape index (κ3) is 16.4. The van der Waals surface area contributed by atoms with Gasteiger partial charge in [0, 0.05) is 18.2 Å². The van der Waals surface area contributed by atoms with Gasteiger partial charge in [0.25, 0.3) is 0 Å². The molecule has 0 N–H and O–H groups in total. The Morgan fingerprint density at radius 2 is 0.879 bits per heavy atom. The van der Waals surface area contributed by atoms with Crippen LogP contribution in [-0.2, 0) is 57.2 Å². The molecule has 0 aromatic heterocycles. The van der Waals surface area contributed by atoms with Gasteiger partial charge in [0.05, 0.1) is 19.3 Å². The van der Waals surface area contributed by atoms with Crippen LogP contribution in [0.3, 0.4) is 0 Å². The molecule has 0 spiro atoms. The SMILES string of the molecule is C=CC(=O)OCCC(=O)OCC(COC(=O)CCOC(=O)C=C)OC(=O)CCOC(=O)C=C. The highest BCUT2D eigenvalue weighted by Gasteiger charge is 2.20. The van der Waals surface area contributed by atoms with Crippen LogP contribution in [-0.4, -0.2) is 75.0 Å². The lowest BCUT2D eigenvalue weighted by Gasteiger charge is -2.18. The Balaban J connectivity index is 4.62. The van der Waals surface area contributed by atoms with Crippen LogP contribution in [0.4, 0.5) is 0 Å². The van der Waals surface area contributed by atoms with E-state index in [2.05, 4.69) is 33.9 Å². The van der Waals surface area contributed by atoms with Gasteiger partial charge in [-0.15, -0.1) is 0 Å². The van der Waals surface area contributed by atoms with E-state index in [1.165, 1.54) is 0 Å². The molecule has 0 atom stereocenters. The van der Waals surface area contributed by atoms with Gasteiger partial charge in [0.15, 0.2) is 6.10 Å². The van der Waals surface area contributed by atoms with Crippen LogP contribution in [0.15, 0.2) is 38.0 Å². The van der Waals surface area contributed by atoms with Gasteiger partial charge in [-0.2, -0.15) is 0 Å². The summed E-state index contributed by atoms with van der Waals surface area (Å²) in [5.74, 6) is -4.50. The van der Waals surface area contributed by atoms with E-state index in [1.54, 1.807) is 0 Å². The largest absolute Gasteiger partial charge is 0.462 e. The van der Waals surface area contributed by atoms with Gasteiger partial charge in [-0.05, 0) is 0 Å². The quantitative estimate of drug-likeness (QED) is 0.163. The number of hydrogen-bond donors (Lipinski definition) is 0. The fourth-order valence-corrected chi connectivity index (χ4v) is 1.76. The summed E-state index contributed by atoms with van der Waals surface area (Å²) in [6.45, 7) is 7.91. The van der Waals surface area contributed by atoms with Crippen molar-refractivity contribution in [2.45, 2.75) is 25.4 Å². The second-order valence-electron chi connectivity index (χ2n) is 5.84. The summed E-state index contributed by atoms with van der Waals surface area (Å²) in [4.78, 5) is 68.3. The summed E-state index contributed by atoms with van der Waals surface area (Å²) < 4.78 is 28.9. The van der Waals surface area contributed by atoms with Gasteiger partial charge in [-0.3, -0.25) is 14.4 Å². The normalized spacial score (nSPS) is 9.73. The third-order valence-electron chi connectivity index (χ3n) is 3.31. The highest BCUT2D eigenvalue weighted by atomic mass is 16.6. The van der Waals surface area contributed by atoms with E-state index in [1.807, 2.05) is 0 Å². The molecule has 0 heterocycles. The maximum Gasteiger partial charge on any atom is 0.330 e. The van der Waals surface area contributed by atoms with Crippen LogP contribution in [0.1, 0.15) is 19.3 Å². The van der Waals surface area contributed by atoms with Gasteiger partial charge in [-0.1, -0.05) is 19.7 Å². The highest BCUT2D eigenvalue weighted by molar-refractivity contribution is 5.82. The topological polar surface area (TPSA) is 158 Å². The van der Waals surface area contributed by atoms with E-state index in [0.717, 1.165) is 18.2 Å². The number of ether oxygens (including phenoxy) is 6. The first-order chi connectivity index (χ1) is 15.7. The monoisotopic (exact) mass is 470 g/mol. The van der Waals surface area contributed by atoms with Crippen LogP contribution in [0.2, 0.25) is 0 Å². The smallest absolute Gasteiger partial charge is 0.330 e. The Hall–Kier alpha value is -3.96. The number of carbonyl (C=O) groups is 6. The first-order valence-electron chi connectivity index (χ1n) is 9.60. The van der Waals surface area contributed by atoms with E-state index >= 15 is 0 Å². The molecule has 0 rings (SSSR count). The minimum Gasteiger partial charge on any atom is -0.462 e. The predicted octanol–water partition coefficient (Wildman–Crippen LogP) is 0.343. The molecule has 182 valence electrons. The van der Waals surface area contributed by atoms with Crippen LogP contribution >= 0.6 is 0 Å². The Morgan fingerprint density at radius 3 is 1.21 bits per heavy atom. The summed E-state index contributed by atoms with van der Waals surface area (Å²) in [7, 11) is 0. The molecule has 0 amide bonds. The van der Waals surface area contributed by atoms with E-state index in [9.17, 15) is 28.8 Å². The molecule has 0 aliphatic carbocycles. The minimum absolute atomic E-state index is 0.249. The van der Waals surface area contributed by atoms with E-state index in [4.69, 9.17) is 14.2 Å². The van der Waals surface area contributed by atoms with Crippen LogP contribution in [0.5, 0.6) is 0 Å². The van der Waals surface area contributed by atoms with Crippen molar-refractivity contribution in [3.63, 3.8) is 0 Å². The van der Waals surface area contributed by atoms with Crippen LogP contribution in [0, 0.1) is 0 Å². The molecule has 0 aromatic carbocycles. The maximum absolute atomic E-state index is 11.9. The molecule has 0 fully saturated rings. The van der Waals surface area contributed by atoms with Gasteiger partial charge in [-0.25, -0.2) is 14.4 Å². The van der Waals surface area contributed by atoms with Gasteiger partial charge >= 0.3 is 35.8 Å². The average molecular weight is 470 g/mol. The summed E-state index contributed by atoms with van der Waals surface area (Å²) >= 11 is 0. The zero-order valence-electron chi connectivity index (χ0n) is 18.0. The molecule has 33 heavy (non-hydrogen) atoms. The molecule has 0 aromatic rings. The number of rotatable bonds is 17. The van der Waals surface area contributed by atoms with Crippen LogP contribution in [0.25, 0.3) is 0 Å². The molecular weight excluding hydrogens is 444 g/mol. The average Bonchev–Trinajstić information content (AvgIpc) is 2.80. The van der Waals surface area contributed by atoms with Crippen molar-refractivity contribution in [2.24, 2.45) is 0 Å². The van der Waals surface area contributed by atoms with E-state index in [-0.39, 0.29) is 39.1 Å². The Labute approximate surface area is 190 Å². The van der Waals surface area contributed by atoms with Gasteiger partial charge < -0.3 is 28.4 Å². The van der Waals surface area contributed by atoms with Gasteiger partial charge in [0.2, 0.25) is 0 Å². The summed E-state index contributed by atoms with van der Waals surface area (Å²) in [5.41, 5.74) is 0. The minimum atomic E-state index is -1.17. The van der Waals surface area contributed by atoms with Crippen molar-refractivity contribution >= 4 is 35.8 Å². The highest BCUT2D eigenvalue weighted by Crippen LogP contribution is 2.03. The molecule has 0 aliphatic heterocycles. The molecule has 0 saturated heterocycles. The molecule has 0 unspecified atom stereocenters. The Morgan fingerprint density at radius 1 is 0.545 bits per heavy atom. The maximum atomic E-state index is 11.9. The summed E-state index contributed by atoms with van der Waals surface area (Å²) in [6, 6.07) is 0. The van der Waals surface area contributed by atoms with Crippen molar-refractivity contribution < 1.29 is 57.2 Å². The zero-order valence-corrected chi connectivity index (χ0v) is 18.0. The lowest BCUT2D eigenvalue weighted by molar-refractivity contribution is -0.168. The molecule has 0 radical (unpaired) electrons. The summed E-state index contributed by atoms with van der Waals surface area (Å²) in [6.07, 6.45) is 0.753. The number of esters is 6. The van der Waals surface area contributed by atoms with E-state index < -0.39 is 55.1 Å². The predicted molar refractivity (Wildman–Crippen MR) is 109 cm³/mol. The molecule has 12 heteroatoms. The molecule has 12 nitrogen and oxygen atoms in total. The summed E-state index contributed by atoms with van der Waals surface area (Å²) in [5, 5.41) is 0. The van der Waals surface area contributed by atoms with Crippen molar-refractivity contribution in [2.75, 3.05) is 33.0 Å². The molecular formula is C21H26O12. The number of hydrogen-bond acceptors (Lipinski definition) is 12. The first kappa shape index (κ1) is 29.0. The second-order valence-corrected chi connectivity index (χ2v) is 5.84. The fraction of sp³-hybridized carbons (Fsp3) is 0.429. The lowest BCUT2D eigenvalue weighted by atomic mass is 10.3. The van der Waals surface area contributed by atoms with Crippen molar-refractivity contribution in [3.05, 3.63) is 38.0 Å². The van der Waals surface area contributed by atoms with Crippen molar-refractivity contribution in [1.82, 2.24) is 0 Å². The standard InChI is InChI=1S/C21H26O12/c1-4-16(22)28-10-7-19(25)31-13-15(33-21(27)9-12-30-18(24)6-3)14-32-20(26)8-11-29-17(23)5-2/h4-6,15H,1-3,7-14H2. The lowest BCUT2D eigenvalue weighted by Crippen LogP contribution is -2.31.